The smallest absolute Gasteiger partial charge is 0.298 e. The summed E-state index contributed by atoms with van der Waals surface area (Å²) in [6, 6.07) is 10.3. The van der Waals surface area contributed by atoms with Crippen LogP contribution in [-0.4, -0.2) is 23.9 Å². The maximum Gasteiger partial charge on any atom is 0.298 e. The van der Waals surface area contributed by atoms with E-state index in [-0.39, 0.29) is 21.2 Å². The zero-order valence-corrected chi connectivity index (χ0v) is 14.2. The van der Waals surface area contributed by atoms with E-state index in [0.717, 1.165) is 5.56 Å². The number of hydrogen-bond acceptors (Lipinski definition) is 5. The van der Waals surface area contributed by atoms with E-state index < -0.39 is 20.0 Å². The Morgan fingerprint density at radius 3 is 2.09 bits per heavy atom. The monoisotopic (exact) mass is 355 g/mol. The van der Waals surface area contributed by atoms with Crippen LogP contribution in [0, 0.1) is 6.92 Å². The molecule has 0 unspecified atom stereocenters. The second-order valence-corrected chi connectivity index (χ2v) is 8.42. The van der Waals surface area contributed by atoms with Gasteiger partial charge in [-0.05, 0) is 37.3 Å². The third-order valence-electron chi connectivity index (χ3n) is 3.15. The minimum atomic E-state index is -3.77. The summed E-state index contributed by atoms with van der Waals surface area (Å²) in [5.74, 6) is 0. The quantitative estimate of drug-likeness (QED) is 0.698. The van der Waals surface area contributed by atoms with Crippen molar-refractivity contribution in [1.29, 1.82) is 0 Å². The lowest BCUT2D eigenvalue weighted by Gasteiger charge is -2.11. The van der Waals surface area contributed by atoms with Crippen molar-refractivity contribution in [1.82, 2.24) is 4.72 Å². The van der Waals surface area contributed by atoms with Gasteiger partial charge < -0.3 is 5.73 Å². The molecule has 124 valence electrons. The molecule has 0 aliphatic carbocycles. The Balaban J connectivity index is 2.43. The number of nitrogens with one attached hydrogen (secondary N) is 2. The third-order valence-corrected chi connectivity index (χ3v) is 6.04. The van der Waals surface area contributed by atoms with Crippen LogP contribution in [0.3, 0.4) is 0 Å². The van der Waals surface area contributed by atoms with Crippen LogP contribution in [0.15, 0.2) is 52.3 Å². The first-order chi connectivity index (χ1) is 10.7. The van der Waals surface area contributed by atoms with Gasteiger partial charge >= 0.3 is 0 Å². The minimum absolute atomic E-state index is 0.0399. The van der Waals surface area contributed by atoms with Gasteiger partial charge in [0.05, 0.1) is 21.2 Å². The Morgan fingerprint density at radius 1 is 0.957 bits per heavy atom. The third kappa shape index (κ3) is 3.81. The fourth-order valence-corrected chi connectivity index (χ4v) is 3.81. The van der Waals surface area contributed by atoms with Gasteiger partial charge in [0.1, 0.15) is 0 Å². The molecule has 2 aromatic carbocycles. The van der Waals surface area contributed by atoms with Crippen LogP contribution in [0.1, 0.15) is 5.56 Å². The highest BCUT2D eigenvalue weighted by atomic mass is 32.2. The zero-order chi connectivity index (χ0) is 17.3. The standard InChI is InChI=1S/C14H17N3O4S2/c1-10-3-6-12(7-4-10)22(18,19)14-8-5-11(9-13(14)15)17-23(20,21)16-2/h3-9,16-17H,15H2,1-2H3. The predicted octanol–water partition coefficient (Wildman–Crippen LogP) is 1.29. The van der Waals surface area contributed by atoms with E-state index in [4.69, 9.17) is 5.73 Å². The Morgan fingerprint density at radius 2 is 1.57 bits per heavy atom. The maximum absolute atomic E-state index is 12.6. The molecule has 0 spiro atoms. The molecule has 2 aromatic rings. The Hall–Kier alpha value is -2.10. The highest BCUT2D eigenvalue weighted by molar-refractivity contribution is 7.91. The number of aryl methyl sites for hydroxylation is 1. The van der Waals surface area contributed by atoms with Gasteiger partial charge in [0.15, 0.2) is 0 Å². The zero-order valence-electron chi connectivity index (χ0n) is 12.6. The van der Waals surface area contributed by atoms with E-state index in [1.165, 1.54) is 37.4 Å². The van der Waals surface area contributed by atoms with Gasteiger partial charge in [0, 0.05) is 7.05 Å². The fourth-order valence-electron chi connectivity index (χ4n) is 1.91. The lowest BCUT2D eigenvalue weighted by atomic mass is 10.2. The van der Waals surface area contributed by atoms with Gasteiger partial charge in [0.25, 0.3) is 10.2 Å². The number of sulfone groups is 1. The van der Waals surface area contributed by atoms with Crippen LogP contribution in [-0.2, 0) is 20.0 Å². The minimum Gasteiger partial charge on any atom is -0.398 e. The van der Waals surface area contributed by atoms with Gasteiger partial charge in [-0.3, -0.25) is 4.72 Å². The molecule has 0 atom stereocenters. The van der Waals surface area contributed by atoms with E-state index in [0.29, 0.717) is 0 Å². The first-order valence-electron chi connectivity index (χ1n) is 6.58. The van der Waals surface area contributed by atoms with Crippen LogP contribution >= 0.6 is 0 Å². The number of hydrogen-bond donors (Lipinski definition) is 3. The molecule has 0 fully saturated rings. The molecule has 0 aliphatic rings. The SMILES string of the molecule is CNS(=O)(=O)Nc1ccc(S(=O)(=O)c2ccc(C)cc2)c(N)c1. The van der Waals surface area contributed by atoms with Gasteiger partial charge in [0.2, 0.25) is 9.84 Å². The highest BCUT2D eigenvalue weighted by Gasteiger charge is 2.21. The highest BCUT2D eigenvalue weighted by Crippen LogP contribution is 2.28. The summed E-state index contributed by atoms with van der Waals surface area (Å²) in [5.41, 5.74) is 6.87. The molecule has 0 bridgehead atoms. The summed E-state index contributed by atoms with van der Waals surface area (Å²) in [5, 5.41) is 0. The van der Waals surface area contributed by atoms with Crippen LogP contribution in [0.25, 0.3) is 0 Å². The molecule has 7 nitrogen and oxygen atoms in total. The molecule has 0 heterocycles. The molecule has 4 N–H and O–H groups in total. The van der Waals surface area contributed by atoms with Crippen molar-refractivity contribution in [2.75, 3.05) is 17.5 Å². The Bertz CT molecular complexity index is 921. The average molecular weight is 355 g/mol. The molecule has 0 saturated carbocycles. The summed E-state index contributed by atoms with van der Waals surface area (Å²) in [6.45, 7) is 1.85. The van der Waals surface area contributed by atoms with Crippen molar-refractivity contribution in [3.05, 3.63) is 48.0 Å². The van der Waals surface area contributed by atoms with Crippen molar-refractivity contribution >= 4 is 31.4 Å². The molecule has 0 aliphatic heterocycles. The average Bonchev–Trinajstić information content (AvgIpc) is 2.47. The number of rotatable bonds is 5. The molecular weight excluding hydrogens is 338 g/mol. The summed E-state index contributed by atoms with van der Waals surface area (Å²) in [7, 11) is -6.22. The Labute approximate surface area is 135 Å². The van der Waals surface area contributed by atoms with Gasteiger partial charge in [-0.25, -0.2) is 13.1 Å². The van der Waals surface area contributed by atoms with Crippen molar-refractivity contribution in [2.24, 2.45) is 0 Å². The van der Waals surface area contributed by atoms with E-state index in [1.54, 1.807) is 12.1 Å². The van der Waals surface area contributed by atoms with Crippen molar-refractivity contribution in [2.45, 2.75) is 16.7 Å². The molecule has 23 heavy (non-hydrogen) atoms. The maximum atomic E-state index is 12.6. The van der Waals surface area contributed by atoms with Gasteiger partial charge in [-0.1, -0.05) is 17.7 Å². The first kappa shape index (κ1) is 17.3. The summed E-state index contributed by atoms with van der Waals surface area (Å²) >= 11 is 0. The van der Waals surface area contributed by atoms with E-state index in [9.17, 15) is 16.8 Å². The molecular formula is C14H17N3O4S2. The number of nitrogens with two attached hydrogens (primary N) is 1. The first-order valence-corrected chi connectivity index (χ1v) is 9.55. The van der Waals surface area contributed by atoms with Crippen LogP contribution < -0.4 is 15.2 Å². The largest absolute Gasteiger partial charge is 0.398 e. The van der Waals surface area contributed by atoms with Crippen molar-refractivity contribution < 1.29 is 16.8 Å². The summed E-state index contributed by atoms with van der Waals surface area (Å²) < 4.78 is 52.4. The normalized spacial score (nSPS) is 12.1. The summed E-state index contributed by atoms with van der Waals surface area (Å²) in [6.07, 6.45) is 0. The van der Waals surface area contributed by atoms with Crippen LogP contribution in [0.2, 0.25) is 0 Å². The molecule has 0 aromatic heterocycles. The van der Waals surface area contributed by atoms with E-state index in [2.05, 4.69) is 9.44 Å². The van der Waals surface area contributed by atoms with Gasteiger partial charge in [-0.15, -0.1) is 0 Å². The van der Waals surface area contributed by atoms with Crippen LogP contribution in [0.4, 0.5) is 11.4 Å². The fraction of sp³-hybridized carbons (Fsp3) is 0.143. The molecule has 0 radical (unpaired) electrons. The lowest BCUT2D eigenvalue weighted by Crippen LogP contribution is -2.26. The second kappa shape index (κ2) is 6.19. The number of nitrogen functional groups attached to an aromatic ring is 1. The second-order valence-electron chi connectivity index (χ2n) is 4.88. The molecule has 0 amide bonds. The van der Waals surface area contributed by atoms with E-state index >= 15 is 0 Å². The molecule has 2 rings (SSSR count). The summed E-state index contributed by atoms with van der Waals surface area (Å²) in [4.78, 5) is 0.0483. The Kier molecular flexibility index (Phi) is 4.64. The molecule has 9 heteroatoms. The van der Waals surface area contributed by atoms with Gasteiger partial charge in [-0.2, -0.15) is 8.42 Å². The topological polar surface area (TPSA) is 118 Å². The van der Waals surface area contributed by atoms with Crippen molar-refractivity contribution in [3.63, 3.8) is 0 Å². The number of benzene rings is 2. The van der Waals surface area contributed by atoms with Crippen LogP contribution in [0.5, 0.6) is 0 Å². The van der Waals surface area contributed by atoms with Crippen molar-refractivity contribution in [3.8, 4) is 0 Å². The van der Waals surface area contributed by atoms with E-state index in [1.807, 2.05) is 6.92 Å². The number of anilines is 2. The predicted molar refractivity (Wildman–Crippen MR) is 89.1 cm³/mol. The lowest BCUT2D eigenvalue weighted by molar-refractivity contribution is 0.593. The molecule has 0 saturated heterocycles.